The summed E-state index contributed by atoms with van der Waals surface area (Å²) in [4.78, 5) is 72.2. The van der Waals surface area contributed by atoms with Crippen molar-refractivity contribution in [3.8, 4) is 0 Å². The topological polar surface area (TPSA) is 201 Å². The highest BCUT2D eigenvalue weighted by atomic mass is 31.2. The molecular weight excluding hydrogens is 906 g/mol. The third-order valence-corrected chi connectivity index (χ3v) is 15.6. The number of ketones is 3. The first-order valence-electron chi connectivity index (χ1n) is 25.2. The summed E-state index contributed by atoms with van der Waals surface area (Å²) < 4.78 is 48.2. The van der Waals surface area contributed by atoms with E-state index >= 15 is 0 Å². The number of aliphatic hydroxyl groups is 2. The quantitative estimate of drug-likeness (QED) is 0.104. The molecule has 69 heavy (non-hydrogen) atoms. The molecule has 1 unspecified atom stereocenters. The molecule has 390 valence electrons. The number of amides is 1. The predicted molar refractivity (Wildman–Crippen MR) is 263 cm³/mol. The number of nitrogens with zero attached hydrogens (tertiary/aromatic N) is 1. The number of hydrogen-bond acceptors (Lipinski definition) is 14. The highest BCUT2D eigenvalue weighted by Crippen LogP contribution is 2.45. The summed E-state index contributed by atoms with van der Waals surface area (Å²) in [5.74, 6) is -8.11. The maximum atomic E-state index is 14.5. The van der Waals surface area contributed by atoms with Crippen molar-refractivity contribution in [2.45, 2.75) is 180 Å². The Hall–Kier alpha value is -3.14. The molecule has 1 saturated carbocycles. The SMILES string of the molecule is CO[C@H]1C[C@@H]2CC[C@@H](C)[C@@](O)(O2)C(=O)C(=O)N2CCCC[C@H]2C(=O)OC([C@H](C)C[C@H]2CC[C@@H](OP(C)(C)=O)[C@H](OC)C2)CC(=O)[C@H](C)/C=C(\C)[C@@H](O)[C@@H](OC)C(=O)[C@H](C)C[C@H](C)/C=C/C=C/C=C/1C. The van der Waals surface area contributed by atoms with Gasteiger partial charge in [0.2, 0.25) is 5.79 Å². The van der Waals surface area contributed by atoms with E-state index in [0.29, 0.717) is 63.4 Å². The third kappa shape index (κ3) is 16.2. The number of aliphatic hydroxyl groups excluding tert-OH is 1. The minimum atomic E-state index is -2.79. The van der Waals surface area contributed by atoms with E-state index in [1.165, 1.54) is 12.0 Å². The lowest BCUT2D eigenvalue weighted by Gasteiger charge is -2.42. The summed E-state index contributed by atoms with van der Waals surface area (Å²) >= 11 is 0. The van der Waals surface area contributed by atoms with Crippen molar-refractivity contribution in [2.75, 3.05) is 41.2 Å². The smallest absolute Gasteiger partial charge is 0.329 e. The maximum absolute atomic E-state index is 14.5. The van der Waals surface area contributed by atoms with Crippen LogP contribution in [0.5, 0.6) is 0 Å². The Morgan fingerprint density at radius 2 is 1.57 bits per heavy atom. The molecule has 2 N–H and O–H groups in total. The number of piperidine rings is 1. The van der Waals surface area contributed by atoms with E-state index in [1.807, 2.05) is 58.1 Å². The highest BCUT2D eigenvalue weighted by Gasteiger charge is 2.53. The first-order chi connectivity index (χ1) is 32.4. The number of esters is 1. The van der Waals surface area contributed by atoms with Crippen molar-refractivity contribution >= 4 is 36.6 Å². The monoisotopic (exact) mass is 990 g/mol. The molecule has 2 bridgehead atoms. The van der Waals surface area contributed by atoms with Crippen molar-refractivity contribution in [3.05, 3.63) is 47.6 Å². The average molecular weight is 990 g/mol. The Labute approximate surface area is 411 Å². The van der Waals surface area contributed by atoms with Crippen LogP contribution in [0, 0.1) is 35.5 Å². The molecule has 0 aromatic rings. The van der Waals surface area contributed by atoms with Gasteiger partial charge < -0.3 is 43.3 Å². The molecule has 1 amide bonds. The van der Waals surface area contributed by atoms with E-state index in [2.05, 4.69) is 0 Å². The summed E-state index contributed by atoms with van der Waals surface area (Å²) in [6.07, 6.45) is 11.4. The van der Waals surface area contributed by atoms with Crippen LogP contribution in [0.15, 0.2) is 47.6 Å². The van der Waals surface area contributed by atoms with Crippen LogP contribution in [0.4, 0.5) is 0 Å². The summed E-state index contributed by atoms with van der Waals surface area (Å²) in [5.41, 5.74) is 1.25. The second kappa shape index (κ2) is 26.5. The summed E-state index contributed by atoms with van der Waals surface area (Å²) in [6.45, 7) is 15.9. The van der Waals surface area contributed by atoms with Gasteiger partial charge in [-0.05, 0) is 107 Å². The molecule has 0 aromatic carbocycles. The maximum Gasteiger partial charge on any atom is 0.329 e. The van der Waals surface area contributed by atoms with Crippen molar-refractivity contribution < 1.29 is 67.0 Å². The van der Waals surface area contributed by atoms with Gasteiger partial charge in [0.1, 0.15) is 30.1 Å². The Morgan fingerprint density at radius 1 is 0.855 bits per heavy atom. The van der Waals surface area contributed by atoms with Crippen LogP contribution >= 0.6 is 7.37 Å². The van der Waals surface area contributed by atoms with Gasteiger partial charge in [-0.15, -0.1) is 0 Å². The molecule has 3 heterocycles. The molecule has 0 radical (unpaired) electrons. The summed E-state index contributed by atoms with van der Waals surface area (Å²) in [7, 11) is 1.76. The molecule has 4 rings (SSSR count). The molecule has 15 nitrogen and oxygen atoms in total. The van der Waals surface area contributed by atoms with Gasteiger partial charge in [0, 0.05) is 71.8 Å². The van der Waals surface area contributed by atoms with Crippen LogP contribution in [0.2, 0.25) is 0 Å². The highest BCUT2D eigenvalue weighted by molar-refractivity contribution is 7.57. The summed E-state index contributed by atoms with van der Waals surface area (Å²) in [5, 5.41) is 23.5. The van der Waals surface area contributed by atoms with Crippen molar-refractivity contribution in [1.82, 2.24) is 4.90 Å². The van der Waals surface area contributed by atoms with Gasteiger partial charge >= 0.3 is 5.97 Å². The van der Waals surface area contributed by atoms with Crippen LogP contribution in [0.3, 0.4) is 0 Å². The molecule has 15 atom stereocenters. The number of hydrogen-bond donors (Lipinski definition) is 2. The van der Waals surface area contributed by atoms with Gasteiger partial charge in [0.15, 0.2) is 13.2 Å². The lowest BCUT2D eigenvalue weighted by atomic mass is 9.78. The number of fused-ring (bicyclic) bond motifs is 3. The van der Waals surface area contributed by atoms with E-state index in [1.54, 1.807) is 54.4 Å². The third-order valence-electron chi connectivity index (χ3n) is 14.8. The molecule has 3 aliphatic heterocycles. The number of methoxy groups -OCH3 is 3. The lowest BCUT2D eigenvalue weighted by molar-refractivity contribution is -0.265. The molecule has 2 saturated heterocycles. The van der Waals surface area contributed by atoms with E-state index in [-0.39, 0.29) is 60.9 Å². The van der Waals surface area contributed by atoms with Gasteiger partial charge in [-0.25, -0.2) is 4.79 Å². The normalized spacial score (nSPS) is 39.0. The van der Waals surface area contributed by atoms with E-state index < -0.39 is 85.1 Å². The first kappa shape index (κ1) is 58.4. The van der Waals surface area contributed by atoms with Gasteiger partial charge in [0.05, 0.1) is 24.4 Å². The summed E-state index contributed by atoms with van der Waals surface area (Å²) in [6, 6.07) is -1.16. The van der Waals surface area contributed by atoms with Gasteiger partial charge in [-0.2, -0.15) is 0 Å². The minimum absolute atomic E-state index is 0.0117. The van der Waals surface area contributed by atoms with Crippen LogP contribution in [-0.2, 0) is 56.7 Å². The van der Waals surface area contributed by atoms with Crippen molar-refractivity contribution in [1.29, 1.82) is 0 Å². The fourth-order valence-corrected chi connectivity index (χ4v) is 11.4. The van der Waals surface area contributed by atoms with E-state index in [9.17, 15) is 38.8 Å². The standard InChI is InChI=1S/C53H84NO14P/c1-32-18-14-13-15-19-33(2)44(63-8)30-40-23-21-38(7)53(61,67-40)50(58)51(59)54-25-17-16-20-41(54)52(60)66-45(35(4)28-39-22-24-43(46(29-39)64-9)68-69(11,12)62)31-42(55)34(3)27-37(6)48(57)49(65-10)47(56)36(5)26-32/h13-15,18-19,27,32,34-36,38-41,43-46,48-49,57,61H,16-17,20-26,28-31H2,1-12H3/b15-13+,18-14+,33-19+,37-27+/t32-,34-,35-,36-,38-,39-,40+,41+,43-,44+,45?,46-,48-,49+,53-/m1/s1. The van der Waals surface area contributed by atoms with Gasteiger partial charge in [-0.3, -0.25) is 23.7 Å². The number of Topliss-reactive ketones (excluding diaryl/α,β-unsaturated/α-hetero) is 3. The molecule has 0 spiro atoms. The number of rotatable bonds is 8. The zero-order valence-electron chi connectivity index (χ0n) is 43.4. The molecular formula is C53H84NO14P. The largest absolute Gasteiger partial charge is 0.460 e. The Kier molecular flexibility index (Phi) is 22.5. The van der Waals surface area contributed by atoms with Crippen LogP contribution in [0.1, 0.15) is 126 Å². The molecule has 0 aromatic heterocycles. The molecule has 1 aliphatic carbocycles. The number of allylic oxidation sites excluding steroid dienone is 6. The first-order valence-corrected chi connectivity index (χ1v) is 27.7. The fourth-order valence-electron chi connectivity index (χ4n) is 10.5. The number of cyclic esters (lactones) is 1. The number of carbonyl (C=O) groups is 5. The Balaban J connectivity index is 1.70. The number of ether oxygens (including phenoxy) is 5. The van der Waals surface area contributed by atoms with Crippen LogP contribution in [0.25, 0.3) is 0 Å². The van der Waals surface area contributed by atoms with Crippen LogP contribution < -0.4 is 0 Å². The lowest BCUT2D eigenvalue weighted by Crippen LogP contribution is -2.61. The zero-order chi connectivity index (χ0) is 51.4. The number of carbonyl (C=O) groups excluding carboxylic acids is 5. The van der Waals surface area contributed by atoms with Gasteiger partial charge in [-0.1, -0.05) is 71.1 Å². The fraction of sp³-hybridized carbons (Fsp3) is 0.755. The second-order valence-electron chi connectivity index (χ2n) is 20.9. The van der Waals surface area contributed by atoms with E-state index in [4.69, 9.17) is 28.2 Å². The van der Waals surface area contributed by atoms with Crippen molar-refractivity contribution in [3.63, 3.8) is 0 Å². The van der Waals surface area contributed by atoms with Crippen LogP contribution in [-0.4, -0.2) is 140 Å². The Bertz CT molecular complexity index is 1940. The zero-order valence-corrected chi connectivity index (χ0v) is 44.3. The second-order valence-corrected chi connectivity index (χ2v) is 23.6. The molecule has 3 fully saturated rings. The predicted octanol–water partition coefficient (Wildman–Crippen LogP) is 7.74. The average Bonchev–Trinajstić information content (AvgIpc) is 3.30. The van der Waals surface area contributed by atoms with Crippen molar-refractivity contribution in [2.24, 2.45) is 35.5 Å². The van der Waals surface area contributed by atoms with E-state index in [0.717, 1.165) is 12.0 Å². The molecule has 4 aliphatic rings. The Morgan fingerprint density at radius 3 is 2.22 bits per heavy atom. The van der Waals surface area contributed by atoms with Gasteiger partial charge in [0.25, 0.3) is 11.7 Å². The minimum Gasteiger partial charge on any atom is -0.460 e. The molecule has 16 heteroatoms.